The average molecular weight is 327 g/mol. The standard InChI is InChI=1S/C15H17N7O2/c1-10-16-13-4-3-11(5-22(13)19-10)17-14(23)12-6-21(20-18-12)7-15(2)8-24-9-15/h3-6H,7-9H2,1-2H3,(H,17,23). The summed E-state index contributed by atoms with van der Waals surface area (Å²) in [5, 5.41) is 15.0. The van der Waals surface area contributed by atoms with Crippen LogP contribution in [0.3, 0.4) is 0 Å². The van der Waals surface area contributed by atoms with E-state index in [0.29, 0.717) is 31.3 Å². The molecule has 1 aliphatic rings. The van der Waals surface area contributed by atoms with Crippen LogP contribution in [-0.4, -0.2) is 48.7 Å². The second-order valence-electron chi connectivity index (χ2n) is 6.44. The van der Waals surface area contributed by atoms with Gasteiger partial charge in [-0.1, -0.05) is 12.1 Å². The first-order valence-corrected chi connectivity index (χ1v) is 7.63. The van der Waals surface area contributed by atoms with Gasteiger partial charge >= 0.3 is 0 Å². The van der Waals surface area contributed by atoms with Crippen LogP contribution in [0.4, 0.5) is 5.69 Å². The van der Waals surface area contributed by atoms with Crippen LogP contribution in [-0.2, 0) is 11.3 Å². The average Bonchev–Trinajstić information content (AvgIpc) is 3.10. The quantitative estimate of drug-likeness (QED) is 0.765. The summed E-state index contributed by atoms with van der Waals surface area (Å²) in [4.78, 5) is 16.6. The highest BCUT2D eigenvalue weighted by atomic mass is 16.5. The molecule has 124 valence electrons. The Morgan fingerprint density at radius 3 is 2.96 bits per heavy atom. The number of nitrogens with zero attached hydrogens (tertiary/aromatic N) is 6. The number of aromatic nitrogens is 6. The molecule has 0 atom stereocenters. The largest absolute Gasteiger partial charge is 0.380 e. The van der Waals surface area contributed by atoms with Crippen molar-refractivity contribution in [2.75, 3.05) is 18.5 Å². The maximum Gasteiger partial charge on any atom is 0.277 e. The third-order valence-electron chi connectivity index (χ3n) is 3.91. The summed E-state index contributed by atoms with van der Waals surface area (Å²) in [7, 11) is 0. The summed E-state index contributed by atoms with van der Waals surface area (Å²) in [6.45, 7) is 6.01. The fourth-order valence-corrected chi connectivity index (χ4v) is 2.68. The van der Waals surface area contributed by atoms with Gasteiger partial charge in [-0.15, -0.1) is 5.10 Å². The number of aryl methyl sites for hydroxylation is 1. The van der Waals surface area contributed by atoms with Crippen LogP contribution >= 0.6 is 0 Å². The Balaban J connectivity index is 1.47. The van der Waals surface area contributed by atoms with Gasteiger partial charge in [0, 0.05) is 5.41 Å². The molecular weight excluding hydrogens is 310 g/mol. The van der Waals surface area contributed by atoms with E-state index in [1.807, 2.05) is 6.92 Å². The second kappa shape index (κ2) is 5.38. The van der Waals surface area contributed by atoms with Gasteiger partial charge in [0.1, 0.15) is 5.82 Å². The number of ether oxygens (including phenoxy) is 1. The summed E-state index contributed by atoms with van der Waals surface area (Å²) in [6.07, 6.45) is 3.36. The van der Waals surface area contributed by atoms with E-state index in [2.05, 4.69) is 32.6 Å². The van der Waals surface area contributed by atoms with Crippen molar-refractivity contribution in [1.82, 2.24) is 29.6 Å². The molecule has 0 spiro atoms. The van der Waals surface area contributed by atoms with Gasteiger partial charge < -0.3 is 10.1 Å². The first-order valence-electron chi connectivity index (χ1n) is 7.63. The molecule has 1 saturated heterocycles. The lowest BCUT2D eigenvalue weighted by Gasteiger charge is -2.37. The highest BCUT2D eigenvalue weighted by Gasteiger charge is 2.34. The number of carbonyl (C=O) groups excluding carboxylic acids is 1. The number of rotatable bonds is 4. The zero-order valence-electron chi connectivity index (χ0n) is 13.4. The lowest BCUT2D eigenvalue weighted by Crippen LogP contribution is -2.43. The van der Waals surface area contributed by atoms with Crippen molar-refractivity contribution < 1.29 is 9.53 Å². The molecule has 1 fully saturated rings. The molecule has 0 unspecified atom stereocenters. The molecular formula is C15H17N7O2. The van der Waals surface area contributed by atoms with E-state index in [0.717, 1.165) is 5.65 Å². The molecule has 4 rings (SSSR count). The molecule has 9 heteroatoms. The zero-order chi connectivity index (χ0) is 16.7. The van der Waals surface area contributed by atoms with Crippen LogP contribution < -0.4 is 5.32 Å². The molecule has 3 aromatic heterocycles. The van der Waals surface area contributed by atoms with Gasteiger partial charge in [-0.25, -0.2) is 9.50 Å². The van der Waals surface area contributed by atoms with Crippen LogP contribution in [0.1, 0.15) is 23.2 Å². The maximum absolute atomic E-state index is 12.3. The monoisotopic (exact) mass is 327 g/mol. The van der Waals surface area contributed by atoms with Crippen LogP contribution in [0.2, 0.25) is 0 Å². The Kier molecular flexibility index (Phi) is 3.31. The lowest BCUT2D eigenvalue weighted by atomic mass is 9.89. The molecule has 0 saturated carbocycles. The molecule has 3 aromatic rings. The Hall–Kier alpha value is -2.81. The van der Waals surface area contributed by atoms with Crippen molar-refractivity contribution in [3.8, 4) is 0 Å². The number of amides is 1. The van der Waals surface area contributed by atoms with Crippen LogP contribution in [0.25, 0.3) is 5.65 Å². The van der Waals surface area contributed by atoms with Crippen molar-refractivity contribution >= 4 is 17.2 Å². The predicted molar refractivity (Wildman–Crippen MR) is 84.6 cm³/mol. The molecule has 24 heavy (non-hydrogen) atoms. The van der Waals surface area contributed by atoms with Gasteiger partial charge in [0.05, 0.1) is 37.8 Å². The van der Waals surface area contributed by atoms with Gasteiger partial charge in [-0.3, -0.25) is 9.48 Å². The third-order valence-corrected chi connectivity index (χ3v) is 3.91. The zero-order valence-corrected chi connectivity index (χ0v) is 13.4. The Bertz CT molecular complexity index is 910. The smallest absolute Gasteiger partial charge is 0.277 e. The number of pyridine rings is 1. The molecule has 9 nitrogen and oxygen atoms in total. The van der Waals surface area contributed by atoms with Crippen molar-refractivity contribution in [1.29, 1.82) is 0 Å². The van der Waals surface area contributed by atoms with E-state index in [1.54, 1.807) is 33.7 Å². The van der Waals surface area contributed by atoms with E-state index in [4.69, 9.17) is 4.74 Å². The van der Waals surface area contributed by atoms with Gasteiger partial charge in [0.2, 0.25) is 0 Å². The van der Waals surface area contributed by atoms with E-state index < -0.39 is 0 Å². The molecule has 0 aromatic carbocycles. The first-order chi connectivity index (χ1) is 11.5. The third kappa shape index (κ3) is 2.73. The molecule has 1 amide bonds. The van der Waals surface area contributed by atoms with Crippen molar-refractivity contribution in [3.05, 3.63) is 36.0 Å². The van der Waals surface area contributed by atoms with Crippen LogP contribution in [0, 0.1) is 12.3 Å². The SMILES string of the molecule is Cc1nc2ccc(NC(=O)c3cn(CC4(C)COC4)nn3)cn2n1. The van der Waals surface area contributed by atoms with Crippen molar-refractivity contribution in [3.63, 3.8) is 0 Å². The summed E-state index contributed by atoms with van der Waals surface area (Å²) in [5.41, 5.74) is 1.68. The summed E-state index contributed by atoms with van der Waals surface area (Å²) >= 11 is 0. The minimum absolute atomic E-state index is 0.0669. The van der Waals surface area contributed by atoms with Gasteiger partial charge in [0.25, 0.3) is 5.91 Å². The van der Waals surface area contributed by atoms with Gasteiger partial charge in [-0.2, -0.15) is 5.10 Å². The van der Waals surface area contributed by atoms with E-state index in [-0.39, 0.29) is 17.0 Å². The topological polar surface area (TPSA) is 99.2 Å². The number of anilines is 1. The lowest BCUT2D eigenvalue weighted by molar-refractivity contribution is -0.111. The molecule has 1 aliphatic heterocycles. The predicted octanol–water partition coefficient (Wildman–Crippen LogP) is 0.918. The normalized spacial score (nSPS) is 16.1. The first kappa shape index (κ1) is 14.8. The van der Waals surface area contributed by atoms with Crippen molar-refractivity contribution in [2.24, 2.45) is 5.41 Å². The fraction of sp³-hybridized carbons (Fsp3) is 0.400. The summed E-state index contributed by atoms with van der Waals surface area (Å²) < 4.78 is 8.53. The number of hydrogen-bond acceptors (Lipinski definition) is 6. The van der Waals surface area contributed by atoms with Crippen molar-refractivity contribution in [2.45, 2.75) is 20.4 Å². The number of fused-ring (bicyclic) bond motifs is 1. The maximum atomic E-state index is 12.3. The Labute approximate surface area is 137 Å². The minimum Gasteiger partial charge on any atom is -0.380 e. The molecule has 1 N–H and O–H groups in total. The van der Waals surface area contributed by atoms with Gasteiger partial charge in [-0.05, 0) is 19.1 Å². The Morgan fingerprint density at radius 2 is 2.21 bits per heavy atom. The van der Waals surface area contributed by atoms with E-state index in [9.17, 15) is 4.79 Å². The molecule has 0 bridgehead atoms. The number of hydrogen-bond donors (Lipinski definition) is 1. The highest BCUT2D eigenvalue weighted by molar-refractivity contribution is 6.02. The highest BCUT2D eigenvalue weighted by Crippen LogP contribution is 2.28. The number of nitrogens with one attached hydrogen (secondary N) is 1. The summed E-state index contributed by atoms with van der Waals surface area (Å²) in [6, 6.07) is 3.57. The van der Waals surface area contributed by atoms with E-state index >= 15 is 0 Å². The van der Waals surface area contributed by atoms with Gasteiger partial charge in [0.15, 0.2) is 11.3 Å². The number of carbonyl (C=O) groups is 1. The molecule has 0 radical (unpaired) electrons. The van der Waals surface area contributed by atoms with E-state index in [1.165, 1.54) is 0 Å². The second-order valence-corrected chi connectivity index (χ2v) is 6.44. The van der Waals surface area contributed by atoms with Crippen LogP contribution in [0.5, 0.6) is 0 Å². The minimum atomic E-state index is -0.313. The Morgan fingerprint density at radius 1 is 1.38 bits per heavy atom. The molecule has 4 heterocycles. The van der Waals surface area contributed by atoms with Crippen LogP contribution in [0.15, 0.2) is 24.5 Å². The summed E-state index contributed by atoms with van der Waals surface area (Å²) in [5.74, 6) is 0.363. The molecule has 0 aliphatic carbocycles. The fourth-order valence-electron chi connectivity index (χ4n) is 2.68.